The van der Waals surface area contributed by atoms with Gasteiger partial charge in [0.1, 0.15) is 5.69 Å². The second-order valence-corrected chi connectivity index (χ2v) is 5.17. The third-order valence-electron chi connectivity index (χ3n) is 2.79. The highest BCUT2D eigenvalue weighted by atomic mass is 32.1. The van der Waals surface area contributed by atoms with Crippen LogP contribution in [0.3, 0.4) is 0 Å². The highest BCUT2D eigenvalue weighted by Gasteiger charge is 2.11. The number of carbonyl (C=O) groups is 1. The molecule has 7 nitrogen and oxygen atoms in total. The number of benzene rings is 1. The van der Waals surface area contributed by atoms with E-state index in [0.29, 0.717) is 10.8 Å². The van der Waals surface area contributed by atoms with Crippen molar-refractivity contribution in [3.05, 3.63) is 41.5 Å². The summed E-state index contributed by atoms with van der Waals surface area (Å²) in [5.41, 5.74) is 7.19. The third kappa shape index (κ3) is 2.84. The van der Waals surface area contributed by atoms with Crippen LogP contribution in [0.25, 0.3) is 10.9 Å². The standard InChI is InChI=1S/C13H12N6OS/c14-12(15)19-13-18-10(6-21-13)11(20)17-8-1-2-9-7(5-8)3-4-16-9/h1-6,16H,(H,17,20)(H4,14,15,18,19). The van der Waals surface area contributed by atoms with Gasteiger partial charge < -0.3 is 21.4 Å². The van der Waals surface area contributed by atoms with E-state index in [1.165, 1.54) is 11.3 Å². The maximum absolute atomic E-state index is 12.1. The van der Waals surface area contributed by atoms with Crippen molar-refractivity contribution in [2.45, 2.75) is 0 Å². The normalized spacial score (nSPS) is 10.5. The molecule has 1 aromatic carbocycles. The zero-order chi connectivity index (χ0) is 14.8. The number of guanidine groups is 1. The van der Waals surface area contributed by atoms with Crippen molar-refractivity contribution < 1.29 is 4.79 Å². The largest absolute Gasteiger partial charge is 0.370 e. The summed E-state index contributed by atoms with van der Waals surface area (Å²) >= 11 is 1.21. The molecule has 0 aliphatic rings. The van der Waals surface area contributed by atoms with Gasteiger partial charge in [-0.3, -0.25) is 10.2 Å². The van der Waals surface area contributed by atoms with Crippen LogP contribution in [-0.2, 0) is 0 Å². The molecule has 0 radical (unpaired) electrons. The van der Waals surface area contributed by atoms with E-state index in [-0.39, 0.29) is 17.6 Å². The lowest BCUT2D eigenvalue weighted by Crippen LogP contribution is -2.20. The predicted octanol–water partition coefficient (Wildman–Crippen LogP) is 2.18. The van der Waals surface area contributed by atoms with E-state index in [0.717, 1.165) is 10.9 Å². The number of anilines is 2. The van der Waals surface area contributed by atoms with E-state index >= 15 is 0 Å². The molecule has 6 N–H and O–H groups in total. The molecule has 0 bridgehead atoms. The smallest absolute Gasteiger partial charge is 0.275 e. The van der Waals surface area contributed by atoms with Gasteiger partial charge in [-0.2, -0.15) is 0 Å². The van der Waals surface area contributed by atoms with Gasteiger partial charge >= 0.3 is 0 Å². The van der Waals surface area contributed by atoms with Crippen LogP contribution in [0.5, 0.6) is 0 Å². The first-order valence-electron chi connectivity index (χ1n) is 6.07. The molecule has 3 rings (SSSR count). The summed E-state index contributed by atoms with van der Waals surface area (Å²) in [6, 6.07) is 7.53. The number of thiazole rings is 1. The number of hydrogen-bond donors (Lipinski definition) is 5. The highest BCUT2D eigenvalue weighted by molar-refractivity contribution is 7.14. The summed E-state index contributed by atoms with van der Waals surface area (Å²) < 4.78 is 0. The average molecular weight is 300 g/mol. The van der Waals surface area contributed by atoms with Crippen molar-refractivity contribution in [3.8, 4) is 0 Å². The van der Waals surface area contributed by atoms with Crippen molar-refractivity contribution in [1.82, 2.24) is 9.97 Å². The molecule has 2 heterocycles. The second-order valence-electron chi connectivity index (χ2n) is 4.31. The predicted molar refractivity (Wildman–Crippen MR) is 83.9 cm³/mol. The molecule has 0 aliphatic carbocycles. The summed E-state index contributed by atoms with van der Waals surface area (Å²) in [5.74, 6) is -0.521. The number of aromatic nitrogens is 2. The van der Waals surface area contributed by atoms with Gasteiger partial charge in [0, 0.05) is 28.2 Å². The van der Waals surface area contributed by atoms with Crippen molar-refractivity contribution in [2.24, 2.45) is 5.73 Å². The van der Waals surface area contributed by atoms with Crippen molar-refractivity contribution in [3.63, 3.8) is 0 Å². The van der Waals surface area contributed by atoms with Crippen LogP contribution in [-0.4, -0.2) is 21.8 Å². The number of H-pyrrole nitrogens is 1. The van der Waals surface area contributed by atoms with Gasteiger partial charge in [-0.25, -0.2) is 4.98 Å². The van der Waals surface area contributed by atoms with E-state index in [4.69, 9.17) is 11.1 Å². The molecule has 21 heavy (non-hydrogen) atoms. The molecule has 3 aromatic rings. The van der Waals surface area contributed by atoms with E-state index in [1.807, 2.05) is 30.5 Å². The molecule has 0 saturated carbocycles. The first-order chi connectivity index (χ1) is 10.1. The van der Waals surface area contributed by atoms with Crippen LogP contribution < -0.4 is 16.4 Å². The molecule has 1 amide bonds. The molecule has 8 heteroatoms. The maximum Gasteiger partial charge on any atom is 0.275 e. The lowest BCUT2D eigenvalue weighted by atomic mass is 10.2. The van der Waals surface area contributed by atoms with Gasteiger partial charge in [0.25, 0.3) is 5.91 Å². The number of aromatic amines is 1. The van der Waals surface area contributed by atoms with Crippen LogP contribution in [0.2, 0.25) is 0 Å². The minimum absolute atomic E-state index is 0.214. The lowest BCUT2D eigenvalue weighted by molar-refractivity contribution is 0.102. The number of carbonyl (C=O) groups excluding carboxylic acids is 1. The van der Waals surface area contributed by atoms with Crippen LogP contribution in [0.15, 0.2) is 35.8 Å². The molecule has 106 valence electrons. The van der Waals surface area contributed by atoms with E-state index < -0.39 is 0 Å². The number of nitrogens with two attached hydrogens (primary N) is 1. The Morgan fingerprint density at radius 1 is 1.33 bits per heavy atom. The SMILES string of the molecule is N=C(N)Nc1nc(C(=O)Nc2ccc3[nH]ccc3c2)cs1. The number of hydrogen-bond acceptors (Lipinski definition) is 4. The van der Waals surface area contributed by atoms with Crippen molar-refractivity contribution in [1.29, 1.82) is 5.41 Å². The third-order valence-corrected chi connectivity index (χ3v) is 3.55. The molecule has 0 aliphatic heterocycles. The van der Waals surface area contributed by atoms with Gasteiger partial charge in [-0.05, 0) is 24.3 Å². The number of rotatable bonds is 3. The van der Waals surface area contributed by atoms with Gasteiger partial charge in [-0.1, -0.05) is 0 Å². The molecule has 0 unspecified atom stereocenters. The van der Waals surface area contributed by atoms with Gasteiger partial charge in [0.2, 0.25) is 0 Å². The molecular weight excluding hydrogens is 288 g/mol. The van der Waals surface area contributed by atoms with Crippen LogP contribution in [0.1, 0.15) is 10.5 Å². The first kappa shape index (κ1) is 13.1. The summed E-state index contributed by atoms with van der Waals surface area (Å²) in [6.07, 6.45) is 1.84. The maximum atomic E-state index is 12.1. The molecule has 0 spiro atoms. The Bertz CT molecular complexity index is 821. The molecule has 0 fully saturated rings. The number of nitrogens with one attached hydrogen (secondary N) is 4. The van der Waals surface area contributed by atoms with E-state index in [2.05, 4.69) is 20.6 Å². The Balaban J connectivity index is 1.75. The fourth-order valence-electron chi connectivity index (χ4n) is 1.88. The van der Waals surface area contributed by atoms with E-state index in [9.17, 15) is 4.79 Å². The average Bonchev–Trinajstić information content (AvgIpc) is 3.06. The van der Waals surface area contributed by atoms with E-state index in [1.54, 1.807) is 5.38 Å². The zero-order valence-corrected chi connectivity index (χ0v) is 11.6. The van der Waals surface area contributed by atoms with Crippen molar-refractivity contribution >= 4 is 44.9 Å². The Kier molecular flexibility index (Phi) is 3.28. The summed E-state index contributed by atoms with van der Waals surface area (Å²) in [6.45, 7) is 0. The topological polar surface area (TPSA) is 120 Å². The Hall–Kier alpha value is -2.87. The quantitative estimate of drug-likeness (QED) is 0.376. The zero-order valence-electron chi connectivity index (χ0n) is 10.8. The number of fused-ring (bicyclic) bond motifs is 1. The van der Waals surface area contributed by atoms with Crippen LogP contribution >= 0.6 is 11.3 Å². The molecule has 0 saturated heterocycles. The lowest BCUT2D eigenvalue weighted by Gasteiger charge is -2.03. The van der Waals surface area contributed by atoms with Crippen LogP contribution in [0, 0.1) is 5.41 Å². The fraction of sp³-hybridized carbons (Fsp3) is 0. The Morgan fingerprint density at radius 2 is 2.19 bits per heavy atom. The Labute approximate surface area is 123 Å². The molecule has 2 aromatic heterocycles. The second kappa shape index (κ2) is 5.25. The van der Waals surface area contributed by atoms with Gasteiger partial charge in [0.15, 0.2) is 11.1 Å². The van der Waals surface area contributed by atoms with Crippen molar-refractivity contribution in [2.75, 3.05) is 10.6 Å². The minimum atomic E-state index is -0.308. The number of nitrogens with zero attached hydrogens (tertiary/aromatic N) is 1. The summed E-state index contributed by atoms with van der Waals surface area (Å²) in [4.78, 5) is 19.3. The molecule has 0 atom stereocenters. The fourth-order valence-corrected chi connectivity index (χ4v) is 2.58. The number of amides is 1. The highest BCUT2D eigenvalue weighted by Crippen LogP contribution is 2.20. The first-order valence-corrected chi connectivity index (χ1v) is 6.95. The van der Waals surface area contributed by atoms with Gasteiger partial charge in [-0.15, -0.1) is 11.3 Å². The van der Waals surface area contributed by atoms with Crippen LogP contribution in [0.4, 0.5) is 10.8 Å². The molecular formula is C13H12N6OS. The Morgan fingerprint density at radius 3 is 3.00 bits per heavy atom. The minimum Gasteiger partial charge on any atom is -0.370 e. The van der Waals surface area contributed by atoms with Gasteiger partial charge in [0.05, 0.1) is 0 Å². The summed E-state index contributed by atoms with van der Waals surface area (Å²) in [7, 11) is 0. The monoisotopic (exact) mass is 300 g/mol. The summed E-state index contributed by atoms with van der Waals surface area (Å²) in [5, 5.41) is 15.5.